The zero-order chi connectivity index (χ0) is 9.07. The van der Waals surface area contributed by atoms with E-state index >= 15 is 0 Å². The van der Waals surface area contributed by atoms with Gasteiger partial charge in [0, 0.05) is 6.61 Å². The maximum absolute atomic E-state index is 5.26. The van der Waals surface area contributed by atoms with Gasteiger partial charge in [0.15, 0.2) is 0 Å². The smallest absolute Gasteiger partial charge is 0.123 e. The molecule has 0 rings (SSSR count). The zero-order valence-corrected chi connectivity index (χ0v) is 7.84. The number of hydrogen-bond donors (Lipinski definition) is 0. The van der Waals surface area contributed by atoms with E-state index in [1.165, 1.54) is 19.3 Å². The second kappa shape index (κ2) is 10.3. The monoisotopic (exact) mass is 170 g/mol. The molecule has 0 aliphatic carbocycles. The molecular formula is C10H18O2. The fourth-order valence-electron chi connectivity index (χ4n) is 0.892. The van der Waals surface area contributed by atoms with Gasteiger partial charge in [-0.1, -0.05) is 32.6 Å². The molecule has 2 heteroatoms. The Bertz CT molecular complexity index is 115. The normalized spacial score (nSPS) is 9.33. The molecule has 0 spiro atoms. The summed E-state index contributed by atoms with van der Waals surface area (Å²) in [6, 6.07) is 0. The number of unbranched alkanes of at least 4 members (excludes halogenated alkanes) is 3. The lowest BCUT2D eigenvalue weighted by molar-refractivity contribution is 0.0884. The third-order valence-corrected chi connectivity index (χ3v) is 1.56. The third-order valence-electron chi connectivity index (χ3n) is 1.56. The van der Waals surface area contributed by atoms with Crippen LogP contribution in [0.25, 0.3) is 0 Å². The maximum Gasteiger partial charge on any atom is 0.123 e. The van der Waals surface area contributed by atoms with Gasteiger partial charge in [-0.15, -0.1) is 0 Å². The summed E-state index contributed by atoms with van der Waals surface area (Å²) < 4.78 is 9.93. The second-order valence-corrected chi connectivity index (χ2v) is 2.64. The number of rotatable bonds is 8. The summed E-state index contributed by atoms with van der Waals surface area (Å²) in [5, 5.41) is 0. The van der Waals surface area contributed by atoms with Crippen molar-refractivity contribution in [1.29, 1.82) is 0 Å². The van der Waals surface area contributed by atoms with E-state index in [1.54, 1.807) is 0 Å². The minimum atomic E-state index is 0.504. The molecular weight excluding hydrogens is 152 g/mol. The lowest BCUT2D eigenvalue weighted by Gasteiger charge is -2.02. The van der Waals surface area contributed by atoms with Crippen molar-refractivity contribution in [2.24, 2.45) is 0 Å². The van der Waals surface area contributed by atoms with Gasteiger partial charge in [0.25, 0.3) is 0 Å². The quantitative estimate of drug-likeness (QED) is 0.410. The van der Waals surface area contributed by atoms with E-state index < -0.39 is 0 Å². The van der Waals surface area contributed by atoms with Crippen molar-refractivity contribution in [3.8, 4) is 12.5 Å². The first-order valence-electron chi connectivity index (χ1n) is 4.57. The fourth-order valence-corrected chi connectivity index (χ4v) is 0.892. The van der Waals surface area contributed by atoms with E-state index in [1.807, 2.05) is 0 Å². The first-order valence-corrected chi connectivity index (χ1v) is 4.57. The molecule has 0 bridgehead atoms. The van der Waals surface area contributed by atoms with E-state index in [0.717, 1.165) is 13.0 Å². The molecule has 0 heterocycles. The highest BCUT2D eigenvalue weighted by molar-refractivity contribution is 4.67. The molecule has 0 radical (unpaired) electrons. The first kappa shape index (κ1) is 11.3. The molecule has 0 aromatic carbocycles. The summed E-state index contributed by atoms with van der Waals surface area (Å²) in [6.07, 6.45) is 11.9. The van der Waals surface area contributed by atoms with Crippen molar-refractivity contribution in [3.05, 3.63) is 0 Å². The lowest BCUT2D eigenvalue weighted by Crippen LogP contribution is -2.02. The molecule has 0 aliphatic heterocycles. The summed E-state index contributed by atoms with van der Waals surface area (Å²) in [4.78, 5) is 0. The molecule has 0 atom stereocenters. The van der Waals surface area contributed by atoms with Crippen molar-refractivity contribution < 1.29 is 9.47 Å². The van der Waals surface area contributed by atoms with E-state index in [4.69, 9.17) is 11.2 Å². The Balaban J connectivity index is 2.78. The van der Waals surface area contributed by atoms with Crippen LogP contribution in [0.5, 0.6) is 0 Å². The van der Waals surface area contributed by atoms with Crippen molar-refractivity contribution in [1.82, 2.24) is 0 Å². The molecule has 0 saturated heterocycles. The SMILES string of the molecule is C#COCCOCCCCCC. The molecule has 12 heavy (non-hydrogen) atoms. The molecule has 0 aromatic heterocycles. The van der Waals surface area contributed by atoms with Crippen LogP contribution in [-0.2, 0) is 9.47 Å². The topological polar surface area (TPSA) is 18.5 Å². The van der Waals surface area contributed by atoms with Crippen molar-refractivity contribution in [3.63, 3.8) is 0 Å². The molecule has 0 unspecified atom stereocenters. The molecule has 0 aromatic rings. The van der Waals surface area contributed by atoms with Crippen LogP contribution >= 0.6 is 0 Å². The first-order chi connectivity index (χ1) is 5.91. The Morgan fingerprint density at radius 3 is 2.58 bits per heavy atom. The van der Waals surface area contributed by atoms with Crippen LogP contribution in [0.4, 0.5) is 0 Å². The molecule has 2 nitrogen and oxygen atoms in total. The van der Waals surface area contributed by atoms with Gasteiger partial charge in [-0.05, 0) is 6.42 Å². The van der Waals surface area contributed by atoms with Gasteiger partial charge in [-0.3, -0.25) is 0 Å². The number of ether oxygens (including phenoxy) is 2. The Labute approximate surface area is 75.3 Å². The fraction of sp³-hybridized carbons (Fsp3) is 0.800. The summed E-state index contributed by atoms with van der Waals surface area (Å²) >= 11 is 0. The molecule has 0 aliphatic rings. The van der Waals surface area contributed by atoms with Crippen molar-refractivity contribution in [2.45, 2.75) is 32.6 Å². The number of terminal acetylenes is 1. The molecule has 0 amide bonds. The van der Waals surface area contributed by atoms with Crippen LogP contribution < -0.4 is 0 Å². The lowest BCUT2D eigenvalue weighted by atomic mass is 10.2. The third kappa shape index (κ3) is 9.32. The Morgan fingerprint density at radius 1 is 1.08 bits per heavy atom. The standard InChI is InChI=1S/C10H18O2/c1-3-5-6-7-8-12-10-9-11-4-2/h2H,3,5-10H2,1H3. The highest BCUT2D eigenvalue weighted by atomic mass is 16.5. The van der Waals surface area contributed by atoms with Gasteiger partial charge in [0.05, 0.1) is 6.61 Å². The molecule has 70 valence electrons. The van der Waals surface area contributed by atoms with Gasteiger partial charge >= 0.3 is 0 Å². The van der Waals surface area contributed by atoms with Crippen LogP contribution in [0.15, 0.2) is 0 Å². The largest absolute Gasteiger partial charge is 0.444 e. The van der Waals surface area contributed by atoms with Crippen LogP contribution in [0.1, 0.15) is 32.6 Å². The summed E-state index contributed by atoms with van der Waals surface area (Å²) in [7, 11) is 0. The van der Waals surface area contributed by atoms with Gasteiger partial charge in [0.1, 0.15) is 12.7 Å². The Kier molecular flexibility index (Phi) is 9.74. The average molecular weight is 170 g/mol. The van der Waals surface area contributed by atoms with Gasteiger partial charge in [-0.2, -0.15) is 0 Å². The highest BCUT2D eigenvalue weighted by Crippen LogP contribution is 1.98. The second-order valence-electron chi connectivity index (χ2n) is 2.64. The van der Waals surface area contributed by atoms with Crippen molar-refractivity contribution >= 4 is 0 Å². The van der Waals surface area contributed by atoms with Gasteiger partial charge in [-0.25, -0.2) is 0 Å². The average Bonchev–Trinajstić information content (AvgIpc) is 2.10. The molecule has 0 fully saturated rings. The Morgan fingerprint density at radius 2 is 1.92 bits per heavy atom. The van der Waals surface area contributed by atoms with Gasteiger partial charge in [0.2, 0.25) is 0 Å². The molecule has 0 N–H and O–H groups in total. The minimum absolute atomic E-state index is 0.504. The van der Waals surface area contributed by atoms with Crippen molar-refractivity contribution in [2.75, 3.05) is 19.8 Å². The highest BCUT2D eigenvalue weighted by Gasteiger charge is 1.88. The zero-order valence-electron chi connectivity index (χ0n) is 7.84. The van der Waals surface area contributed by atoms with E-state index in [2.05, 4.69) is 17.8 Å². The summed E-state index contributed by atoms with van der Waals surface area (Å²) in [5.74, 6) is 0. The van der Waals surface area contributed by atoms with Crippen LogP contribution in [0.3, 0.4) is 0 Å². The summed E-state index contributed by atoms with van der Waals surface area (Å²) in [6.45, 7) is 4.14. The predicted molar refractivity (Wildman–Crippen MR) is 49.7 cm³/mol. The van der Waals surface area contributed by atoms with Gasteiger partial charge < -0.3 is 9.47 Å². The predicted octanol–water partition coefficient (Wildman–Crippen LogP) is 2.19. The maximum atomic E-state index is 5.26. The molecule has 0 saturated carbocycles. The van der Waals surface area contributed by atoms with E-state index in [9.17, 15) is 0 Å². The van der Waals surface area contributed by atoms with Crippen LogP contribution in [0, 0.1) is 12.5 Å². The Hall–Kier alpha value is -0.680. The van der Waals surface area contributed by atoms with E-state index in [0.29, 0.717) is 13.2 Å². The van der Waals surface area contributed by atoms with Crippen LogP contribution in [-0.4, -0.2) is 19.8 Å². The number of hydrogen-bond acceptors (Lipinski definition) is 2. The van der Waals surface area contributed by atoms with E-state index in [-0.39, 0.29) is 0 Å². The van der Waals surface area contributed by atoms with Crippen LogP contribution in [0.2, 0.25) is 0 Å². The minimum Gasteiger partial charge on any atom is -0.444 e. The summed E-state index contributed by atoms with van der Waals surface area (Å²) in [5.41, 5.74) is 0.